The molecule has 0 radical (unpaired) electrons. The van der Waals surface area contributed by atoms with Crippen molar-refractivity contribution in [3.8, 4) is 0 Å². The Kier molecular flexibility index (Phi) is 3.54. The first kappa shape index (κ1) is 11.5. The summed E-state index contributed by atoms with van der Waals surface area (Å²) in [5.74, 6) is 0.492. The van der Waals surface area contributed by atoms with Crippen LogP contribution in [0.3, 0.4) is 0 Å². The molecule has 0 bridgehead atoms. The SMILES string of the molecule is CC1=CCCC(C)(C)[C@@H]1C=C[C@@H](C)O. The molecule has 14 heavy (non-hydrogen) atoms. The van der Waals surface area contributed by atoms with E-state index in [0.29, 0.717) is 11.3 Å². The van der Waals surface area contributed by atoms with Crippen LogP contribution in [0.25, 0.3) is 0 Å². The molecule has 1 aliphatic rings. The zero-order chi connectivity index (χ0) is 10.8. The van der Waals surface area contributed by atoms with Gasteiger partial charge < -0.3 is 5.11 Å². The van der Waals surface area contributed by atoms with Crippen molar-refractivity contribution in [1.29, 1.82) is 0 Å². The van der Waals surface area contributed by atoms with Crippen molar-refractivity contribution in [1.82, 2.24) is 0 Å². The highest BCUT2D eigenvalue weighted by atomic mass is 16.3. The molecule has 80 valence electrons. The average Bonchev–Trinajstić information content (AvgIpc) is 2.01. The summed E-state index contributed by atoms with van der Waals surface area (Å²) in [6, 6.07) is 0. The van der Waals surface area contributed by atoms with Crippen LogP contribution in [0.2, 0.25) is 0 Å². The molecule has 0 fully saturated rings. The van der Waals surface area contributed by atoms with E-state index in [1.807, 2.05) is 6.08 Å². The summed E-state index contributed by atoms with van der Waals surface area (Å²) in [7, 11) is 0. The third-order valence-electron chi connectivity index (χ3n) is 3.17. The highest BCUT2D eigenvalue weighted by molar-refractivity contribution is 5.19. The van der Waals surface area contributed by atoms with Gasteiger partial charge in [0.2, 0.25) is 0 Å². The molecular weight excluding hydrogens is 172 g/mol. The monoisotopic (exact) mass is 194 g/mol. The Labute approximate surface area is 87.5 Å². The van der Waals surface area contributed by atoms with E-state index in [9.17, 15) is 5.11 Å². The molecule has 2 atom stereocenters. The topological polar surface area (TPSA) is 20.2 Å². The largest absolute Gasteiger partial charge is 0.389 e. The van der Waals surface area contributed by atoms with Crippen molar-refractivity contribution in [3.05, 3.63) is 23.8 Å². The van der Waals surface area contributed by atoms with Crippen LogP contribution in [-0.2, 0) is 0 Å². The maximum Gasteiger partial charge on any atom is 0.0692 e. The predicted octanol–water partition coefficient (Wildman–Crippen LogP) is 3.31. The minimum absolute atomic E-state index is 0.333. The molecule has 0 unspecified atom stereocenters. The second kappa shape index (κ2) is 4.31. The van der Waals surface area contributed by atoms with Crippen molar-refractivity contribution < 1.29 is 5.11 Å². The van der Waals surface area contributed by atoms with Gasteiger partial charge in [0, 0.05) is 5.92 Å². The lowest BCUT2D eigenvalue weighted by atomic mass is 9.68. The Morgan fingerprint density at radius 2 is 2.21 bits per heavy atom. The first-order valence-corrected chi connectivity index (χ1v) is 5.46. The van der Waals surface area contributed by atoms with Crippen LogP contribution in [-0.4, -0.2) is 11.2 Å². The summed E-state index contributed by atoms with van der Waals surface area (Å²) >= 11 is 0. The summed E-state index contributed by atoms with van der Waals surface area (Å²) < 4.78 is 0. The summed E-state index contributed by atoms with van der Waals surface area (Å²) in [6.45, 7) is 8.60. The smallest absolute Gasteiger partial charge is 0.0692 e. The summed E-state index contributed by atoms with van der Waals surface area (Å²) in [5, 5.41) is 9.23. The zero-order valence-corrected chi connectivity index (χ0v) is 9.75. The van der Waals surface area contributed by atoms with E-state index in [1.165, 1.54) is 18.4 Å². The standard InChI is InChI=1S/C13H22O/c1-10-6-5-9-13(3,4)12(10)8-7-11(2)14/h6-8,11-12,14H,5,9H2,1-4H3/t11-,12-/m1/s1. The van der Waals surface area contributed by atoms with Gasteiger partial charge in [0.1, 0.15) is 0 Å². The van der Waals surface area contributed by atoms with Crippen LogP contribution < -0.4 is 0 Å². The molecule has 0 aromatic heterocycles. The van der Waals surface area contributed by atoms with Gasteiger partial charge in [0.25, 0.3) is 0 Å². The van der Waals surface area contributed by atoms with Gasteiger partial charge in [-0.2, -0.15) is 0 Å². The molecule has 0 aromatic rings. The summed E-state index contributed by atoms with van der Waals surface area (Å²) in [4.78, 5) is 0. The normalized spacial score (nSPS) is 28.9. The third kappa shape index (κ3) is 2.71. The first-order chi connectivity index (χ1) is 6.43. The molecule has 0 amide bonds. The molecule has 0 saturated carbocycles. The van der Waals surface area contributed by atoms with Crippen LogP contribution >= 0.6 is 0 Å². The third-order valence-corrected chi connectivity index (χ3v) is 3.17. The molecule has 1 N–H and O–H groups in total. The van der Waals surface area contributed by atoms with Crippen LogP contribution in [0.4, 0.5) is 0 Å². The van der Waals surface area contributed by atoms with Crippen molar-refractivity contribution in [2.75, 3.05) is 0 Å². The van der Waals surface area contributed by atoms with E-state index in [1.54, 1.807) is 6.92 Å². The number of aliphatic hydroxyl groups excluding tert-OH is 1. The van der Waals surface area contributed by atoms with Crippen molar-refractivity contribution in [2.45, 2.75) is 46.6 Å². The fraction of sp³-hybridized carbons (Fsp3) is 0.692. The Balaban J connectivity index is 2.81. The Bertz CT molecular complexity index is 246. The fourth-order valence-electron chi connectivity index (χ4n) is 2.25. The Morgan fingerprint density at radius 3 is 2.71 bits per heavy atom. The molecule has 0 saturated heterocycles. The lowest BCUT2D eigenvalue weighted by Gasteiger charge is -2.36. The second-order valence-electron chi connectivity index (χ2n) is 5.08. The molecule has 1 rings (SSSR count). The minimum atomic E-state index is -0.333. The number of hydrogen-bond donors (Lipinski definition) is 1. The van der Waals surface area contributed by atoms with Crippen molar-refractivity contribution >= 4 is 0 Å². The van der Waals surface area contributed by atoms with Gasteiger partial charge in [-0.1, -0.05) is 37.6 Å². The molecule has 0 aliphatic heterocycles. The quantitative estimate of drug-likeness (QED) is 0.669. The van der Waals surface area contributed by atoms with E-state index >= 15 is 0 Å². The number of aliphatic hydroxyl groups is 1. The number of hydrogen-bond acceptors (Lipinski definition) is 1. The van der Waals surface area contributed by atoms with Gasteiger partial charge >= 0.3 is 0 Å². The predicted molar refractivity (Wildman–Crippen MR) is 61.1 cm³/mol. The minimum Gasteiger partial charge on any atom is -0.389 e. The van der Waals surface area contributed by atoms with E-state index in [-0.39, 0.29) is 6.10 Å². The maximum absolute atomic E-state index is 9.23. The lowest BCUT2D eigenvalue weighted by Crippen LogP contribution is -2.26. The van der Waals surface area contributed by atoms with Crippen LogP contribution in [0.5, 0.6) is 0 Å². The van der Waals surface area contributed by atoms with Crippen molar-refractivity contribution in [3.63, 3.8) is 0 Å². The maximum atomic E-state index is 9.23. The first-order valence-electron chi connectivity index (χ1n) is 5.46. The fourth-order valence-corrected chi connectivity index (χ4v) is 2.25. The van der Waals surface area contributed by atoms with Gasteiger partial charge in [0.05, 0.1) is 6.10 Å². The van der Waals surface area contributed by atoms with Crippen LogP contribution in [0.1, 0.15) is 40.5 Å². The van der Waals surface area contributed by atoms with E-state index < -0.39 is 0 Å². The van der Waals surface area contributed by atoms with Gasteiger partial charge in [-0.3, -0.25) is 0 Å². The zero-order valence-electron chi connectivity index (χ0n) is 9.75. The highest BCUT2D eigenvalue weighted by Crippen LogP contribution is 2.41. The van der Waals surface area contributed by atoms with Gasteiger partial charge in [-0.15, -0.1) is 0 Å². The summed E-state index contributed by atoms with van der Waals surface area (Å²) in [6.07, 6.45) is 8.48. The molecular formula is C13H22O. The molecule has 1 nitrogen and oxygen atoms in total. The molecule has 0 aromatic carbocycles. The van der Waals surface area contributed by atoms with Crippen LogP contribution in [0, 0.1) is 11.3 Å². The van der Waals surface area contributed by atoms with E-state index in [4.69, 9.17) is 0 Å². The lowest BCUT2D eigenvalue weighted by molar-refractivity contribution is 0.234. The van der Waals surface area contributed by atoms with Gasteiger partial charge in [-0.25, -0.2) is 0 Å². The van der Waals surface area contributed by atoms with Crippen LogP contribution in [0.15, 0.2) is 23.8 Å². The molecule has 1 heteroatoms. The van der Waals surface area contributed by atoms with E-state index in [0.717, 1.165) is 0 Å². The Morgan fingerprint density at radius 1 is 1.57 bits per heavy atom. The number of rotatable bonds is 2. The molecule has 0 spiro atoms. The molecule has 0 heterocycles. The van der Waals surface area contributed by atoms with Gasteiger partial charge in [-0.05, 0) is 32.1 Å². The van der Waals surface area contributed by atoms with Gasteiger partial charge in [0.15, 0.2) is 0 Å². The van der Waals surface area contributed by atoms with Crippen molar-refractivity contribution in [2.24, 2.45) is 11.3 Å². The average molecular weight is 194 g/mol. The summed E-state index contributed by atoms with van der Waals surface area (Å²) in [5.41, 5.74) is 1.78. The second-order valence-corrected chi connectivity index (χ2v) is 5.08. The van der Waals surface area contributed by atoms with E-state index in [2.05, 4.69) is 32.9 Å². The highest BCUT2D eigenvalue weighted by Gasteiger charge is 2.30. The molecule has 1 aliphatic carbocycles. The Hall–Kier alpha value is -0.560. The number of allylic oxidation sites excluding steroid dienone is 3.